The summed E-state index contributed by atoms with van der Waals surface area (Å²) in [5, 5.41) is 0.520. The molecule has 0 heterocycles. The number of sulfonamides is 1. The lowest BCUT2D eigenvalue weighted by atomic mass is 9.93. The molecule has 1 N–H and O–H groups in total. The average molecular weight is 304 g/mol. The van der Waals surface area contributed by atoms with Crippen LogP contribution in [0.3, 0.4) is 0 Å². The van der Waals surface area contributed by atoms with Crippen LogP contribution in [0.25, 0.3) is 0 Å². The third-order valence-electron chi connectivity index (χ3n) is 3.44. The van der Waals surface area contributed by atoms with Crippen LogP contribution in [-0.2, 0) is 14.8 Å². The maximum Gasteiger partial charge on any atom is 0.240 e. The molecule has 0 amide bonds. The van der Waals surface area contributed by atoms with Gasteiger partial charge in [0.2, 0.25) is 10.0 Å². The standard InChI is InChI=1S/C13H18ClNO3S/c1-18-13-5-3-2-4-12(13)15-19(16,17)11-8-6-10(14)7-9-11/h6-9,12-13,15H,2-5H2,1H3/t12-,13+/m1/s1. The van der Waals surface area contributed by atoms with Crippen LogP contribution < -0.4 is 4.72 Å². The minimum absolute atomic E-state index is 0.0455. The van der Waals surface area contributed by atoms with E-state index in [1.165, 1.54) is 12.1 Å². The van der Waals surface area contributed by atoms with Crippen molar-refractivity contribution in [3.8, 4) is 0 Å². The van der Waals surface area contributed by atoms with Crippen molar-refractivity contribution in [2.75, 3.05) is 7.11 Å². The molecular weight excluding hydrogens is 286 g/mol. The van der Waals surface area contributed by atoms with Gasteiger partial charge in [0.15, 0.2) is 0 Å². The molecule has 0 spiro atoms. The number of ether oxygens (including phenoxy) is 1. The summed E-state index contributed by atoms with van der Waals surface area (Å²) in [4.78, 5) is 0.234. The molecule has 0 radical (unpaired) electrons. The zero-order valence-corrected chi connectivity index (χ0v) is 12.4. The fourth-order valence-electron chi connectivity index (χ4n) is 2.39. The maximum atomic E-state index is 12.3. The summed E-state index contributed by atoms with van der Waals surface area (Å²) in [5.74, 6) is 0. The van der Waals surface area contributed by atoms with Crippen molar-refractivity contribution in [3.05, 3.63) is 29.3 Å². The van der Waals surface area contributed by atoms with Crippen LogP contribution in [-0.4, -0.2) is 27.7 Å². The predicted molar refractivity (Wildman–Crippen MR) is 74.8 cm³/mol. The van der Waals surface area contributed by atoms with Gasteiger partial charge in [0.25, 0.3) is 0 Å². The second-order valence-corrected chi connectivity index (χ2v) is 6.89. The molecule has 1 fully saturated rings. The number of methoxy groups -OCH3 is 1. The number of hydrogen-bond donors (Lipinski definition) is 1. The largest absolute Gasteiger partial charge is 0.380 e. The molecule has 1 aliphatic carbocycles. The summed E-state index contributed by atoms with van der Waals surface area (Å²) in [5.41, 5.74) is 0. The number of nitrogens with one attached hydrogen (secondary N) is 1. The molecule has 2 rings (SSSR count). The Hall–Kier alpha value is -0.620. The van der Waals surface area contributed by atoms with Crippen molar-refractivity contribution < 1.29 is 13.2 Å². The SMILES string of the molecule is CO[C@H]1CCCC[C@H]1NS(=O)(=O)c1ccc(Cl)cc1. The van der Waals surface area contributed by atoms with Gasteiger partial charge in [-0.2, -0.15) is 0 Å². The fraction of sp³-hybridized carbons (Fsp3) is 0.538. The quantitative estimate of drug-likeness (QED) is 0.930. The van der Waals surface area contributed by atoms with E-state index in [0.717, 1.165) is 25.7 Å². The van der Waals surface area contributed by atoms with Crippen molar-refractivity contribution >= 4 is 21.6 Å². The number of rotatable bonds is 4. The molecule has 2 atom stereocenters. The molecule has 6 heteroatoms. The second-order valence-electron chi connectivity index (χ2n) is 4.74. The third-order valence-corrected chi connectivity index (χ3v) is 5.19. The minimum Gasteiger partial charge on any atom is -0.380 e. The Balaban J connectivity index is 2.14. The second kappa shape index (κ2) is 6.22. The van der Waals surface area contributed by atoms with Gasteiger partial charge in [-0.15, -0.1) is 0 Å². The van der Waals surface area contributed by atoms with Crippen LogP contribution in [0.15, 0.2) is 29.2 Å². The van der Waals surface area contributed by atoms with E-state index in [1.807, 2.05) is 0 Å². The first kappa shape index (κ1) is 14.8. The van der Waals surface area contributed by atoms with E-state index >= 15 is 0 Å². The molecule has 0 aliphatic heterocycles. The normalized spacial score (nSPS) is 24.3. The molecule has 19 heavy (non-hydrogen) atoms. The van der Waals surface area contributed by atoms with E-state index in [2.05, 4.69) is 4.72 Å². The summed E-state index contributed by atoms with van der Waals surface area (Å²) in [6.45, 7) is 0. The first-order chi connectivity index (χ1) is 9.03. The summed E-state index contributed by atoms with van der Waals surface area (Å²) >= 11 is 5.76. The maximum absolute atomic E-state index is 12.3. The summed E-state index contributed by atoms with van der Waals surface area (Å²) in [7, 11) is -1.88. The van der Waals surface area contributed by atoms with Crippen molar-refractivity contribution in [1.29, 1.82) is 0 Å². The Morgan fingerprint density at radius 3 is 2.47 bits per heavy atom. The highest BCUT2D eigenvalue weighted by molar-refractivity contribution is 7.89. The molecular formula is C13H18ClNO3S. The predicted octanol–water partition coefficient (Wildman–Crippen LogP) is 2.58. The van der Waals surface area contributed by atoms with Crippen molar-refractivity contribution in [2.24, 2.45) is 0 Å². The number of hydrogen-bond acceptors (Lipinski definition) is 3. The van der Waals surface area contributed by atoms with E-state index in [4.69, 9.17) is 16.3 Å². The summed E-state index contributed by atoms with van der Waals surface area (Å²) in [6, 6.07) is 6.01. The smallest absolute Gasteiger partial charge is 0.240 e. The Bertz CT molecular complexity index is 515. The topological polar surface area (TPSA) is 55.4 Å². The number of benzene rings is 1. The lowest BCUT2D eigenvalue weighted by Crippen LogP contribution is -2.45. The Morgan fingerprint density at radius 2 is 1.84 bits per heavy atom. The molecule has 0 bridgehead atoms. The zero-order chi connectivity index (χ0) is 13.9. The van der Waals surface area contributed by atoms with E-state index in [0.29, 0.717) is 5.02 Å². The van der Waals surface area contributed by atoms with Crippen molar-refractivity contribution in [3.63, 3.8) is 0 Å². The molecule has 1 aliphatic rings. The molecule has 1 aromatic rings. The highest BCUT2D eigenvalue weighted by Gasteiger charge is 2.29. The van der Waals surface area contributed by atoms with Crippen LogP contribution in [0.5, 0.6) is 0 Å². The first-order valence-electron chi connectivity index (χ1n) is 6.33. The molecule has 106 valence electrons. The van der Waals surface area contributed by atoms with Gasteiger partial charge in [0.05, 0.1) is 11.0 Å². The lowest BCUT2D eigenvalue weighted by molar-refractivity contribution is 0.0493. The van der Waals surface area contributed by atoms with Gasteiger partial charge < -0.3 is 4.74 Å². The van der Waals surface area contributed by atoms with E-state index in [-0.39, 0.29) is 17.0 Å². The first-order valence-corrected chi connectivity index (χ1v) is 8.20. The fourth-order valence-corrected chi connectivity index (χ4v) is 3.82. The molecule has 0 aromatic heterocycles. The van der Waals surface area contributed by atoms with Gasteiger partial charge in [-0.1, -0.05) is 24.4 Å². The van der Waals surface area contributed by atoms with Gasteiger partial charge in [-0.3, -0.25) is 0 Å². The third kappa shape index (κ3) is 3.69. The van der Waals surface area contributed by atoms with Gasteiger partial charge >= 0.3 is 0 Å². The van der Waals surface area contributed by atoms with Gasteiger partial charge in [-0.25, -0.2) is 13.1 Å². The van der Waals surface area contributed by atoms with E-state index in [9.17, 15) is 8.42 Å². The Kier molecular flexibility index (Phi) is 4.84. The number of halogens is 1. The van der Waals surface area contributed by atoms with Gasteiger partial charge in [0, 0.05) is 18.2 Å². The van der Waals surface area contributed by atoms with Crippen LogP contribution in [0.1, 0.15) is 25.7 Å². The highest BCUT2D eigenvalue weighted by atomic mass is 35.5. The van der Waals surface area contributed by atoms with Gasteiger partial charge in [0.1, 0.15) is 0 Å². The van der Waals surface area contributed by atoms with E-state index in [1.54, 1.807) is 19.2 Å². The van der Waals surface area contributed by atoms with Crippen molar-refractivity contribution in [1.82, 2.24) is 4.72 Å². The lowest BCUT2D eigenvalue weighted by Gasteiger charge is -2.30. The summed E-state index contributed by atoms with van der Waals surface area (Å²) in [6.07, 6.45) is 3.76. The van der Waals surface area contributed by atoms with Crippen LogP contribution in [0.2, 0.25) is 5.02 Å². The molecule has 0 saturated heterocycles. The summed E-state index contributed by atoms with van der Waals surface area (Å²) < 4.78 is 32.6. The minimum atomic E-state index is -3.51. The molecule has 4 nitrogen and oxygen atoms in total. The van der Waals surface area contributed by atoms with Crippen LogP contribution in [0, 0.1) is 0 Å². The van der Waals surface area contributed by atoms with Gasteiger partial charge in [-0.05, 0) is 37.1 Å². The zero-order valence-electron chi connectivity index (χ0n) is 10.8. The highest BCUT2D eigenvalue weighted by Crippen LogP contribution is 2.23. The monoisotopic (exact) mass is 303 g/mol. The Labute approximate surface area is 119 Å². The van der Waals surface area contributed by atoms with Crippen LogP contribution in [0.4, 0.5) is 0 Å². The average Bonchev–Trinajstić information content (AvgIpc) is 2.39. The van der Waals surface area contributed by atoms with Crippen molar-refractivity contribution in [2.45, 2.75) is 42.7 Å². The Morgan fingerprint density at radius 1 is 1.21 bits per heavy atom. The van der Waals surface area contributed by atoms with Crippen LogP contribution >= 0.6 is 11.6 Å². The van der Waals surface area contributed by atoms with E-state index < -0.39 is 10.0 Å². The molecule has 0 unspecified atom stereocenters. The molecule has 1 aromatic carbocycles. The molecule has 1 saturated carbocycles.